The minimum absolute atomic E-state index is 0.101. The maximum absolute atomic E-state index is 13.2. The highest BCUT2D eigenvalue weighted by atomic mass is 19.3. The molecule has 0 aliphatic carbocycles. The summed E-state index contributed by atoms with van der Waals surface area (Å²) >= 11 is 0. The van der Waals surface area contributed by atoms with Crippen LogP contribution in [0.15, 0.2) is 190 Å². The van der Waals surface area contributed by atoms with Gasteiger partial charge in [-0.3, -0.25) is 15.3 Å². The summed E-state index contributed by atoms with van der Waals surface area (Å²) in [6.45, 7) is 10.6. The van der Waals surface area contributed by atoms with Crippen molar-refractivity contribution in [1.29, 1.82) is 5.26 Å². The first-order valence-corrected chi connectivity index (χ1v) is 30.7. The molecule has 7 aromatic heterocycles. The van der Waals surface area contributed by atoms with Gasteiger partial charge in [-0.15, -0.1) is 0 Å². The average molecular weight is 1270 g/mol. The maximum atomic E-state index is 13.2. The predicted molar refractivity (Wildman–Crippen MR) is 364 cm³/mol. The number of methoxy groups -OCH3 is 1. The zero-order valence-corrected chi connectivity index (χ0v) is 53.2. The molecule has 0 aliphatic heterocycles. The lowest BCUT2D eigenvalue weighted by molar-refractivity contribution is -0.159. The first-order chi connectivity index (χ1) is 46.5. The Balaban J connectivity index is 0.000000130. The van der Waals surface area contributed by atoms with Crippen molar-refractivity contribution < 1.29 is 31.8 Å². The molecule has 0 fully saturated rings. The molecule has 0 aliphatic rings. The molecule has 8 aromatic carbocycles. The Bertz CT molecular complexity index is 5680. The quantitative estimate of drug-likeness (QED) is 0.109. The molecular formula is C78H59F2N11O5. The van der Waals surface area contributed by atoms with Crippen LogP contribution in [0.1, 0.15) is 110 Å². The van der Waals surface area contributed by atoms with Crippen molar-refractivity contribution in [3.05, 3.63) is 266 Å². The van der Waals surface area contributed by atoms with E-state index in [-0.39, 0.29) is 5.75 Å². The number of aromatic amines is 3. The molecule has 15 rings (SSSR count). The normalized spacial score (nSPS) is 11.2. The number of aryl methyl sites for hydroxylation is 3. The summed E-state index contributed by atoms with van der Waals surface area (Å²) in [7, 11) is 1.67. The number of fused-ring (bicyclic) bond motifs is 6. The number of alkyl halides is 2. The number of benzene rings is 8. The lowest BCUT2D eigenvalue weighted by Gasteiger charge is -2.16. The van der Waals surface area contributed by atoms with Crippen LogP contribution >= 0.6 is 0 Å². The highest BCUT2D eigenvalue weighted by molar-refractivity contribution is 5.89. The van der Waals surface area contributed by atoms with Gasteiger partial charge in [-0.05, 0) is 170 Å². The fourth-order valence-corrected chi connectivity index (χ4v) is 11.1. The molecule has 0 saturated carbocycles. The van der Waals surface area contributed by atoms with Gasteiger partial charge >= 0.3 is 6.11 Å². The zero-order valence-electron chi connectivity index (χ0n) is 53.2. The van der Waals surface area contributed by atoms with E-state index in [9.17, 15) is 14.0 Å². The predicted octanol–water partition coefficient (Wildman–Crippen LogP) is 16.2. The van der Waals surface area contributed by atoms with E-state index >= 15 is 0 Å². The van der Waals surface area contributed by atoms with Gasteiger partial charge in [0.1, 0.15) is 22.7 Å². The monoisotopic (exact) mass is 1270 g/mol. The van der Waals surface area contributed by atoms with Crippen molar-refractivity contribution in [2.24, 2.45) is 0 Å². The van der Waals surface area contributed by atoms with Gasteiger partial charge in [-0.25, -0.2) is 4.98 Å². The van der Waals surface area contributed by atoms with Crippen LogP contribution < -0.4 is 9.47 Å². The van der Waals surface area contributed by atoms with Gasteiger partial charge in [0.05, 0.1) is 87.5 Å². The average Bonchev–Trinajstić information content (AvgIpc) is 1.63. The first kappa shape index (κ1) is 62.2. The Labute approximate surface area is 549 Å². The molecule has 0 radical (unpaired) electrons. The van der Waals surface area contributed by atoms with Crippen LogP contribution in [0, 0.1) is 67.6 Å². The van der Waals surface area contributed by atoms with Gasteiger partial charge < -0.3 is 23.0 Å². The Morgan fingerprint density at radius 1 is 0.479 bits per heavy atom. The number of H-pyrrole nitrogens is 3. The van der Waals surface area contributed by atoms with E-state index in [1.165, 1.54) is 6.07 Å². The number of nitrogens with zero attached hydrogens (tertiary/aromatic N) is 8. The third-order valence-corrected chi connectivity index (χ3v) is 16.3. The largest absolute Gasteiger partial charge is 0.497 e. The molecule has 7 heterocycles. The van der Waals surface area contributed by atoms with E-state index in [2.05, 4.69) is 122 Å². The first-order valence-electron chi connectivity index (χ1n) is 30.7. The second kappa shape index (κ2) is 26.5. The summed E-state index contributed by atoms with van der Waals surface area (Å²) in [5.74, 6) is 20.3. The molecule has 16 nitrogen and oxygen atoms in total. The van der Waals surface area contributed by atoms with Crippen LogP contribution in [-0.2, 0) is 24.7 Å². The molecule has 3 N–H and O–H groups in total. The van der Waals surface area contributed by atoms with Gasteiger partial charge in [0.25, 0.3) is 0 Å². The summed E-state index contributed by atoms with van der Waals surface area (Å²) in [6, 6.07) is 52.8. The number of pyridine rings is 1. The SMILES string of the molecule is COc1cccc(Cc2noc3c(C#Cc4ccc5[nH]ncc5c4)c(C)ccc23)c1.Cc1ccc2c(Cc3cccc(C(C)(C)C#N)c3)noc2c1C#Cc1ccc2[nH]ncc2n1.Cc1ccc2c(Cc3cccc(OC(C)(F)F)c3)noc2c1C#Cc1ccc2cn[nH]c2c1. The Morgan fingerprint density at radius 2 is 0.969 bits per heavy atom. The van der Waals surface area contributed by atoms with Gasteiger partial charge in [0, 0.05) is 64.2 Å². The summed E-state index contributed by atoms with van der Waals surface area (Å²) in [6.07, 6.45) is 3.69. The second-order valence-corrected chi connectivity index (χ2v) is 23.8. The van der Waals surface area contributed by atoms with Crippen LogP contribution in [0.5, 0.6) is 11.5 Å². The number of hydrogen-bond acceptors (Lipinski definition) is 13. The Hall–Kier alpha value is -12.6. The summed E-state index contributed by atoms with van der Waals surface area (Å²) < 4.78 is 53.6. The van der Waals surface area contributed by atoms with Crippen molar-refractivity contribution in [3.63, 3.8) is 0 Å². The third-order valence-electron chi connectivity index (χ3n) is 16.3. The van der Waals surface area contributed by atoms with Crippen LogP contribution in [-0.4, -0.2) is 64.3 Å². The summed E-state index contributed by atoms with van der Waals surface area (Å²) in [4.78, 5) is 4.52. The van der Waals surface area contributed by atoms with E-state index in [0.717, 1.165) is 138 Å². The van der Waals surface area contributed by atoms with Crippen molar-refractivity contribution in [1.82, 2.24) is 51.0 Å². The second-order valence-electron chi connectivity index (χ2n) is 23.8. The summed E-state index contributed by atoms with van der Waals surface area (Å²) in [5.41, 5.74) is 19.4. The lowest BCUT2D eigenvalue weighted by Crippen LogP contribution is -2.19. The molecule has 0 spiro atoms. The van der Waals surface area contributed by atoms with Crippen molar-refractivity contribution in [3.8, 4) is 53.1 Å². The third kappa shape index (κ3) is 13.8. The van der Waals surface area contributed by atoms with Gasteiger partial charge in [-0.1, -0.05) is 112 Å². The molecule has 470 valence electrons. The molecule has 0 saturated heterocycles. The highest BCUT2D eigenvalue weighted by Gasteiger charge is 2.24. The number of rotatable bonds is 10. The highest BCUT2D eigenvalue weighted by Crippen LogP contribution is 2.32. The van der Waals surface area contributed by atoms with E-state index in [4.69, 9.17) is 18.3 Å². The van der Waals surface area contributed by atoms with Gasteiger partial charge in [0.15, 0.2) is 16.7 Å². The van der Waals surface area contributed by atoms with Crippen LogP contribution in [0.25, 0.3) is 65.7 Å². The standard InChI is InChI=1S/C27H21N5O.C26H19F2N3O2.C25H19N3O2/c1-17-7-10-22-24(14-18-5-4-6-19(13-18)27(2,3)16-28)32-33-26(22)21(17)11-8-20-9-12-23-25(30-20)15-29-31-23;1-16-6-10-22-24(14-18-4-3-5-20(12-18)32-26(2,27)28)31-33-25(22)21(16)11-8-17-7-9-19-15-29-30-23(19)13-17;1-16-6-9-22-24(14-18-4-3-5-20(13-18)29-2)28-30-25(22)21(16)10-7-17-8-11-23-19(12-17)15-26-27-23/h4-7,9-10,12-13,15H,14H2,1-3H3,(H,29,31);3-7,9-10,12-13,15H,14H2,1-2H3,(H,29,30);3-6,8-9,11-13,15H,14H2,1-2H3,(H,26,27). The van der Waals surface area contributed by atoms with Crippen molar-refractivity contribution in [2.45, 2.75) is 72.3 Å². The maximum Gasteiger partial charge on any atom is 0.394 e. The van der Waals surface area contributed by atoms with Crippen LogP contribution in [0.4, 0.5) is 8.78 Å². The van der Waals surface area contributed by atoms with Crippen LogP contribution in [0.2, 0.25) is 0 Å². The molecule has 0 amide bonds. The molecule has 18 heteroatoms. The van der Waals surface area contributed by atoms with E-state index in [0.29, 0.717) is 48.7 Å². The van der Waals surface area contributed by atoms with Gasteiger partial charge in [0.2, 0.25) is 0 Å². The van der Waals surface area contributed by atoms with E-state index in [1.54, 1.807) is 37.8 Å². The number of nitriles is 1. The molecule has 0 bridgehead atoms. The number of hydrogen-bond donors (Lipinski definition) is 3. The Morgan fingerprint density at radius 3 is 1.55 bits per heavy atom. The lowest BCUT2D eigenvalue weighted by atomic mass is 9.85. The molecule has 15 aromatic rings. The minimum Gasteiger partial charge on any atom is -0.497 e. The number of halogens is 2. The van der Waals surface area contributed by atoms with Crippen LogP contribution in [0.3, 0.4) is 0 Å². The van der Waals surface area contributed by atoms with Crippen molar-refractivity contribution in [2.75, 3.05) is 7.11 Å². The fraction of sp³-hybridized carbons (Fsp3) is 0.154. The zero-order chi connectivity index (χ0) is 66.5. The fourth-order valence-electron chi connectivity index (χ4n) is 11.1. The molecule has 0 atom stereocenters. The molecular weight excluding hydrogens is 1210 g/mol. The minimum atomic E-state index is -3.24. The number of nitrogens with one attached hydrogen (secondary N) is 3. The molecule has 96 heavy (non-hydrogen) atoms. The van der Waals surface area contributed by atoms with Gasteiger partial charge in [-0.2, -0.15) is 29.3 Å². The van der Waals surface area contributed by atoms with E-state index < -0.39 is 11.5 Å². The summed E-state index contributed by atoms with van der Waals surface area (Å²) in [5, 5.41) is 48.1. The number of ether oxygens (including phenoxy) is 2. The van der Waals surface area contributed by atoms with Crippen molar-refractivity contribution >= 4 is 65.7 Å². The topological polar surface area (TPSA) is 219 Å². The molecule has 0 unspecified atom stereocenters. The van der Waals surface area contributed by atoms with E-state index in [1.807, 2.05) is 150 Å². The number of aromatic nitrogens is 10. The smallest absolute Gasteiger partial charge is 0.394 e. The Kier molecular flexibility index (Phi) is 17.2.